The standard InChI is InChI=1S/C12H15BrO2/c1-2-9-6-7-11(13)8-10(9)4-3-5-12(14)15/h6-8H,2-5H2,1H3,(H,14,15). The van der Waals surface area contributed by atoms with Gasteiger partial charge < -0.3 is 5.11 Å². The molecule has 0 saturated carbocycles. The number of halogens is 1. The van der Waals surface area contributed by atoms with Gasteiger partial charge in [0.25, 0.3) is 0 Å². The molecule has 0 amide bonds. The molecule has 82 valence electrons. The van der Waals surface area contributed by atoms with Gasteiger partial charge in [-0.3, -0.25) is 4.79 Å². The predicted molar refractivity (Wildman–Crippen MR) is 64.1 cm³/mol. The van der Waals surface area contributed by atoms with E-state index in [-0.39, 0.29) is 6.42 Å². The van der Waals surface area contributed by atoms with Gasteiger partial charge in [0.2, 0.25) is 0 Å². The monoisotopic (exact) mass is 270 g/mol. The maximum atomic E-state index is 10.4. The molecule has 0 fully saturated rings. The largest absolute Gasteiger partial charge is 0.481 e. The molecule has 0 radical (unpaired) electrons. The Morgan fingerprint density at radius 2 is 2.13 bits per heavy atom. The fourth-order valence-corrected chi connectivity index (χ4v) is 2.01. The van der Waals surface area contributed by atoms with E-state index in [1.807, 2.05) is 6.07 Å². The average Bonchev–Trinajstić information content (AvgIpc) is 2.17. The van der Waals surface area contributed by atoms with E-state index in [2.05, 4.69) is 35.0 Å². The Morgan fingerprint density at radius 3 is 2.73 bits per heavy atom. The van der Waals surface area contributed by atoms with Crippen LogP contribution >= 0.6 is 15.9 Å². The van der Waals surface area contributed by atoms with Crippen LogP contribution in [0.2, 0.25) is 0 Å². The highest BCUT2D eigenvalue weighted by atomic mass is 79.9. The molecule has 1 aromatic carbocycles. The molecule has 0 spiro atoms. The fourth-order valence-electron chi connectivity index (χ4n) is 1.60. The molecule has 0 saturated heterocycles. The van der Waals surface area contributed by atoms with Gasteiger partial charge in [-0.2, -0.15) is 0 Å². The number of carboxylic acids is 1. The van der Waals surface area contributed by atoms with Crippen molar-refractivity contribution in [2.45, 2.75) is 32.6 Å². The highest BCUT2D eigenvalue weighted by molar-refractivity contribution is 9.10. The molecule has 15 heavy (non-hydrogen) atoms. The van der Waals surface area contributed by atoms with Crippen molar-refractivity contribution >= 4 is 21.9 Å². The van der Waals surface area contributed by atoms with E-state index in [1.54, 1.807) is 0 Å². The summed E-state index contributed by atoms with van der Waals surface area (Å²) in [5.74, 6) is -0.719. The van der Waals surface area contributed by atoms with Crippen molar-refractivity contribution in [3.05, 3.63) is 33.8 Å². The topological polar surface area (TPSA) is 37.3 Å². The molecule has 0 bridgehead atoms. The Bertz CT molecular complexity index is 347. The summed E-state index contributed by atoms with van der Waals surface area (Å²) in [5.41, 5.74) is 2.57. The lowest BCUT2D eigenvalue weighted by molar-refractivity contribution is -0.137. The molecule has 1 rings (SSSR count). The Hall–Kier alpha value is -0.830. The number of benzene rings is 1. The van der Waals surface area contributed by atoms with Gasteiger partial charge in [0, 0.05) is 10.9 Å². The quantitative estimate of drug-likeness (QED) is 0.890. The van der Waals surface area contributed by atoms with Gasteiger partial charge >= 0.3 is 5.97 Å². The summed E-state index contributed by atoms with van der Waals surface area (Å²) < 4.78 is 1.06. The molecule has 0 atom stereocenters. The zero-order chi connectivity index (χ0) is 11.3. The van der Waals surface area contributed by atoms with Crippen molar-refractivity contribution in [3.63, 3.8) is 0 Å². The van der Waals surface area contributed by atoms with Gasteiger partial charge in [-0.25, -0.2) is 0 Å². The first kappa shape index (κ1) is 12.2. The van der Waals surface area contributed by atoms with E-state index in [4.69, 9.17) is 5.11 Å². The summed E-state index contributed by atoms with van der Waals surface area (Å²) in [7, 11) is 0. The van der Waals surface area contributed by atoms with Gasteiger partial charge in [-0.15, -0.1) is 0 Å². The molecular formula is C12H15BrO2. The second-order valence-electron chi connectivity index (χ2n) is 3.51. The van der Waals surface area contributed by atoms with Crippen molar-refractivity contribution in [2.24, 2.45) is 0 Å². The van der Waals surface area contributed by atoms with Crippen molar-refractivity contribution in [1.29, 1.82) is 0 Å². The van der Waals surface area contributed by atoms with Gasteiger partial charge in [0.05, 0.1) is 0 Å². The molecule has 2 nitrogen and oxygen atoms in total. The zero-order valence-electron chi connectivity index (χ0n) is 8.79. The highest BCUT2D eigenvalue weighted by Gasteiger charge is 2.03. The summed E-state index contributed by atoms with van der Waals surface area (Å²) in [6, 6.07) is 6.21. The van der Waals surface area contributed by atoms with Crippen LogP contribution < -0.4 is 0 Å². The summed E-state index contributed by atoms with van der Waals surface area (Å²) in [5, 5.41) is 8.56. The number of rotatable bonds is 5. The molecule has 0 aliphatic heterocycles. The van der Waals surface area contributed by atoms with Crippen LogP contribution in [0.15, 0.2) is 22.7 Å². The van der Waals surface area contributed by atoms with E-state index in [0.29, 0.717) is 6.42 Å². The molecule has 3 heteroatoms. The van der Waals surface area contributed by atoms with Crippen LogP contribution in [-0.2, 0) is 17.6 Å². The summed E-state index contributed by atoms with van der Waals surface area (Å²) in [6.45, 7) is 2.12. The minimum absolute atomic E-state index is 0.246. The minimum Gasteiger partial charge on any atom is -0.481 e. The van der Waals surface area contributed by atoms with E-state index in [0.717, 1.165) is 17.3 Å². The van der Waals surface area contributed by atoms with Crippen molar-refractivity contribution in [3.8, 4) is 0 Å². The maximum absolute atomic E-state index is 10.4. The summed E-state index contributed by atoms with van der Waals surface area (Å²) in [4.78, 5) is 10.4. The molecule has 0 heterocycles. The van der Waals surface area contributed by atoms with Crippen LogP contribution in [0, 0.1) is 0 Å². The lowest BCUT2D eigenvalue weighted by atomic mass is 10.0. The number of hydrogen-bond acceptors (Lipinski definition) is 1. The Morgan fingerprint density at radius 1 is 1.40 bits per heavy atom. The third-order valence-corrected chi connectivity index (χ3v) is 2.88. The molecule has 1 N–H and O–H groups in total. The first-order chi connectivity index (χ1) is 7.13. The van der Waals surface area contributed by atoms with Crippen molar-refractivity contribution < 1.29 is 9.90 Å². The second-order valence-corrected chi connectivity index (χ2v) is 4.43. The first-order valence-electron chi connectivity index (χ1n) is 5.12. The Labute approximate surface area is 98.4 Å². The van der Waals surface area contributed by atoms with Crippen LogP contribution in [0.25, 0.3) is 0 Å². The molecule has 0 aliphatic carbocycles. The molecule has 0 aromatic heterocycles. The molecular weight excluding hydrogens is 256 g/mol. The van der Waals surface area contributed by atoms with E-state index in [1.165, 1.54) is 11.1 Å². The van der Waals surface area contributed by atoms with Crippen LogP contribution in [0.1, 0.15) is 30.9 Å². The smallest absolute Gasteiger partial charge is 0.303 e. The second kappa shape index (κ2) is 5.91. The van der Waals surface area contributed by atoms with E-state index in [9.17, 15) is 4.79 Å². The molecule has 0 aliphatic rings. The SMILES string of the molecule is CCc1ccc(Br)cc1CCCC(=O)O. The average molecular weight is 271 g/mol. The minimum atomic E-state index is -0.719. The van der Waals surface area contributed by atoms with Crippen LogP contribution in [0.4, 0.5) is 0 Å². The number of carboxylic acid groups (broad SMARTS) is 1. The van der Waals surface area contributed by atoms with Crippen LogP contribution in [0.5, 0.6) is 0 Å². The molecule has 1 aromatic rings. The summed E-state index contributed by atoms with van der Waals surface area (Å²) in [6.07, 6.45) is 2.79. The van der Waals surface area contributed by atoms with E-state index < -0.39 is 5.97 Å². The highest BCUT2D eigenvalue weighted by Crippen LogP contribution is 2.19. The van der Waals surface area contributed by atoms with Crippen LogP contribution in [0.3, 0.4) is 0 Å². The zero-order valence-corrected chi connectivity index (χ0v) is 10.4. The van der Waals surface area contributed by atoms with Gasteiger partial charge in [-0.05, 0) is 42.5 Å². The van der Waals surface area contributed by atoms with E-state index >= 15 is 0 Å². The number of hydrogen-bond donors (Lipinski definition) is 1. The Kier molecular flexibility index (Phi) is 4.82. The Balaban J connectivity index is 2.65. The third-order valence-electron chi connectivity index (χ3n) is 2.39. The van der Waals surface area contributed by atoms with Gasteiger partial charge in [-0.1, -0.05) is 28.9 Å². The van der Waals surface area contributed by atoms with Crippen molar-refractivity contribution in [1.82, 2.24) is 0 Å². The van der Waals surface area contributed by atoms with Gasteiger partial charge in [0.15, 0.2) is 0 Å². The van der Waals surface area contributed by atoms with Crippen molar-refractivity contribution in [2.75, 3.05) is 0 Å². The van der Waals surface area contributed by atoms with Crippen LogP contribution in [-0.4, -0.2) is 11.1 Å². The summed E-state index contributed by atoms with van der Waals surface area (Å²) >= 11 is 3.43. The molecule has 0 unspecified atom stereocenters. The maximum Gasteiger partial charge on any atom is 0.303 e. The number of aliphatic carboxylic acids is 1. The predicted octanol–water partition coefficient (Wildman–Crippen LogP) is 3.42. The number of aryl methyl sites for hydroxylation is 2. The van der Waals surface area contributed by atoms with Gasteiger partial charge in [0.1, 0.15) is 0 Å². The first-order valence-corrected chi connectivity index (χ1v) is 5.92. The fraction of sp³-hybridized carbons (Fsp3) is 0.417. The third kappa shape index (κ3) is 4.04. The normalized spacial score (nSPS) is 10.3. The lowest BCUT2D eigenvalue weighted by Crippen LogP contribution is -1.98. The lowest BCUT2D eigenvalue weighted by Gasteiger charge is -2.07. The number of carbonyl (C=O) groups is 1.